The lowest BCUT2D eigenvalue weighted by molar-refractivity contribution is 0.101. The Kier molecular flexibility index (Phi) is 4.83. The van der Waals surface area contributed by atoms with Gasteiger partial charge in [-0.05, 0) is 62.9 Å². The summed E-state index contributed by atoms with van der Waals surface area (Å²) in [6.07, 6.45) is 6.15. The Balaban J connectivity index is 1.76. The standard InChI is InChI=1S/C14H28N2O/c1-11-2-3-14(15)13(8-11)9-16-6-4-12(10-17)5-7-16/h11-14,17H,2-10,15H2,1H3. The first-order valence-corrected chi connectivity index (χ1v) is 7.27. The van der Waals surface area contributed by atoms with Crippen LogP contribution in [0.3, 0.4) is 0 Å². The highest BCUT2D eigenvalue weighted by atomic mass is 16.3. The van der Waals surface area contributed by atoms with Crippen molar-refractivity contribution in [1.82, 2.24) is 4.90 Å². The van der Waals surface area contributed by atoms with Gasteiger partial charge < -0.3 is 15.7 Å². The number of aliphatic hydroxyl groups excluding tert-OH is 1. The summed E-state index contributed by atoms with van der Waals surface area (Å²) >= 11 is 0. The van der Waals surface area contributed by atoms with Crippen molar-refractivity contribution in [3.05, 3.63) is 0 Å². The van der Waals surface area contributed by atoms with Crippen molar-refractivity contribution in [2.75, 3.05) is 26.2 Å². The lowest BCUT2D eigenvalue weighted by atomic mass is 9.78. The molecule has 3 unspecified atom stereocenters. The molecule has 0 radical (unpaired) electrons. The van der Waals surface area contributed by atoms with E-state index in [9.17, 15) is 0 Å². The summed E-state index contributed by atoms with van der Waals surface area (Å²) in [7, 11) is 0. The van der Waals surface area contributed by atoms with Gasteiger partial charge in [-0.3, -0.25) is 0 Å². The fraction of sp³-hybridized carbons (Fsp3) is 1.00. The van der Waals surface area contributed by atoms with Gasteiger partial charge in [0.05, 0.1) is 0 Å². The second-order valence-electron chi connectivity index (χ2n) is 6.27. The molecular weight excluding hydrogens is 212 g/mol. The van der Waals surface area contributed by atoms with Gasteiger partial charge >= 0.3 is 0 Å². The quantitative estimate of drug-likeness (QED) is 0.785. The third-order valence-corrected chi connectivity index (χ3v) is 4.76. The molecule has 0 aromatic carbocycles. The van der Waals surface area contributed by atoms with E-state index >= 15 is 0 Å². The van der Waals surface area contributed by atoms with Crippen LogP contribution in [0.1, 0.15) is 39.0 Å². The normalized spacial score (nSPS) is 37.2. The minimum absolute atomic E-state index is 0.369. The van der Waals surface area contributed by atoms with Crippen molar-refractivity contribution in [2.45, 2.75) is 45.1 Å². The third-order valence-electron chi connectivity index (χ3n) is 4.76. The van der Waals surface area contributed by atoms with Crippen LogP contribution >= 0.6 is 0 Å². The summed E-state index contributed by atoms with van der Waals surface area (Å²) in [6.45, 7) is 6.22. The smallest absolute Gasteiger partial charge is 0.0460 e. The van der Waals surface area contributed by atoms with Gasteiger partial charge in [0.15, 0.2) is 0 Å². The number of hydrogen-bond acceptors (Lipinski definition) is 3. The highest BCUT2D eigenvalue weighted by molar-refractivity contribution is 4.84. The molecule has 3 N–H and O–H groups in total. The summed E-state index contributed by atoms with van der Waals surface area (Å²) in [5.74, 6) is 2.10. The Morgan fingerprint density at radius 3 is 2.53 bits per heavy atom. The molecule has 2 rings (SSSR count). The number of hydrogen-bond donors (Lipinski definition) is 2. The molecule has 1 heterocycles. The lowest BCUT2D eigenvalue weighted by Crippen LogP contribution is -2.45. The number of rotatable bonds is 3. The molecule has 0 bridgehead atoms. The number of aliphatic hydroxyl groups is 1. The van der Waals surface area contributed by atoms with E-state index in [2.05, 4.69) is 11.8 Å². The van der Waals surface area contributed by atoms with Crippen molar-refractivity contribution >= 4 is 0 Å². The minimum Gasteiger partial charge on any atom is -0.396 e. The summed E-state index contributed by atoms with van der Waals surface area (Å²) in [6, 6.07) is 0.418. The number of piperidine rings is 1. The van der Waals surface area contributed by atoms with Crippen molar-refractivity contribution in [2.24, 2.45) is 23.5 Å². The molecule has 17 heavy (non-hydrogen) atoms. The Bertz CT molecular complexity index is 226. The van der Waals surface area contributed by atoms with E-state index in [1.54, 1.807) is 0 Å². The van der Waals surface area contributed by atoms with Crippen molar-refractivity contribution < 1.29 is 5.11 Å². The van der Waals surface area contributed by atoms with Gasteiger partial charge in [-0.15, -0.1) is 0 Å². The minimum atomic E-state index is 0.369. The van der Waals surface area contributed by atoms with E-state index in [1.807, 2.05) is 0 Å². The lowest BCUT2D eigenvalue weighted by Gasteiger charge is -2.38. The summed E-state index contributed by atoms with van der Waals surface area (Å²) in [5.41, 5.74) is 6.25. The molecule has 3 heteroatoms. The third kappa shape index (κ3) is 3.67. The number of nitrogens with two attached hydrogens (primary N) is 1. The Morgan fingerprint density at radius 2 is 1.88 bits per heavy atom. The summed E-state index contributed by atoms with van der Waals surface area (Å²) in [4.78, 5) is 2.56. The predicted molar refractivity (Wildman–Crippen MR) is 70.7 cm³/mol. The van der Waals surface area contributed by atoms with E-state index in [-0.39, 0.29) is 0 Å². The molecular formula is C14H28N2O. The second kappa shape index (κ2) is 6.17. The molecule has 0 aromatic rings. The monoisotopic (exact) mass is 240 g/mol. The maximum absolute atomic E-state index is 9.14. The van der Waals surface area contributed by atoms with Gasteiger partial charge in [0.2, 0.25) is 0 Å². The van der Waals surface area contributed by atoms with E-state index in [4.69, 9.17) is 10.8 Å². The van der Waals surface area contributed by atoms with Crippen LogP contribution in [0.4, 0.5) is 0 Å². The first kappa shape index (κ1) is 13.3. The highest BCUT2D eigenvalue weighted by Crippen LogP contribution is 2.29. The van der Waals surface area contributed by atoms with E-state index in [0.29, 0.717) is 24.5 Å². The van der Waals surface area contributed by atoms with Crippen LogP contribution in [0.2, 0.25) is 0 Å². The Labute approximate surface area is 105 Å². The van der Waals surface area contributed by atoms with Crippen molar-refractivity contribution in [3.8, 4) is 0 Å². The topological polar surface area (TPSA) is 49.5 Å². The first-order chi connectivity index (χ1) is 8.19. The Morgan fingerprint density at radius 1 is 1.18 bits per heavy atom. The second-order valence-corrected chi connectivity index (χ2v) is 6.27. The van der Waals surface area contributed by atoms with Gasteiger partial charge in [-0.2, -0.15) is 0 Å². The molecule has 3 atom stereocenters. The Hall–Kier alpha value is -0.120. The van der Waals surface area contributed by atoms with Crippen LogP contribution in [-0.4, -0.2) is 42.3 Å². The largest absolute Gasteiger partial charge is 0.396 e. The number of likely N-dealkylation sites (tertiary alicyclic amines) is 1. The average Bonchev–Trinajstić information content (AvgIpc) is 2.35. The van der Waals surface area contributed by atoms with Gasteiger partial charge in [-0.25, -0.2) is 0 Å². The molecule has 1 saturated carbocycles. The first-order valence-electron chi connectivity index (χ1n) is 7.27. The molecule has 0 amide bonds. The predicted octanol–water partition coefficient (Wildman–Crippen LogP) is 1.45. The maximum atomic E-state index is 9.14. The maximum Gasteiger partial charge on any atom is 0.0460 e. The van der Waals surface area contributed by atoms with E-state index in [0.717, 1.165) is 31.8 Å². The van der Waals surface area contributed by atoms with Crippen LogP contribution < -0.4 is 5.73 Å². The van der Waals surface area contributed by atoms with Gasteiger partial charge in [0, 0.05) is 19.2 Å². The summed E-state index contributed by atoms with van der Waals surface area (Å²) in [5, 5.41) is 9.14. The van der Waals surface area contributed by atoms with Crippen LogP contribution in [0.15, 0.2) is 0 Å². The van der Waals surface area contributed by atoms with Gasteiger partial charge in [0.25, 0.3) is 0 Å². The summed E-state index contributed by atoms with van der Waals surface area (Å²) < 4.78 is 0. The molecule has 1 aliphatic heterocycles. The molecule has 100 valence electrons. The van der Waals surface area contributed by atoms with E-state index < -0.39 is 0 Å². The zero-order valence-corrected chi connectivity index (χ0v) is 11.1. The van der Waals surface area contributed by atoms with Gasteiger partial charge in [-0.1, -0.05) is 6.92 Å². The van der Waals surface area contributed by atoms with Crippen molar-refractivity contribution in [3.63, 3.8) is 0 Å². The molecule has 0 spiro atoms. The fourth-order valence-electron chi connectivity index (χ4n) is 3.42. The van der Waals surface area contributed by atoms with Crippen LogP contribution in [-0.2, 0) is 0 Å². The van der Waals surface area contributed by atoms with Crippen LogP contribution in [0, 0.1) is 17.8 Å². The number of nitrogens with zero attached hydrogens (tertiary/aromatic N) is 1. The molecule has 2 fully saturated rings. The average molecular weight is 240 g/mol. The zero-order valence-electron chi connectivity index (χ0n) is 11.1. The molecule has 2 aliphatic rings. The van der Waals surface area contributed by atoms with E-state index in [1.165, 1.54) is 25.8 Å². The van der Waals surface area contributed by atoms with Crippen LogP contribution in [0.25, 0.3) is 0 Å². The SMILES string of the molecule is CC1CCC(N)C(CN2CCC(CO)CC2)C1. The molecule has 0 aromatic heterocycles. The molecule has 3 nitrogen and oxygen atoms in total. The zero-order chi connectivity index (χ0) is 12.3. The van der Waals surface area contributed by atoms with Crippen molar-refractivity contribution in [1.29, 1.82) is 0 Å². The molecule has 1 saturated heterocycles. The van der Waals surface area contributed by atoms with Crippen LogP contribution in [0.5, 0.6) is 0 Å². The van der Waals surface area contributed by atoms with Gasteiger partial charge in [0.1, 0.15) is 0 Å². The highest BCUT2D eigenvalue weighted by Gasteiger charge is 2.28. The fourth-order valence-corrected chi connectivity index (χ4v) is 3.42. The molecule has 1 aliphatic carbocycles.